The topological polar surface area (TPSA) is 47.4 Å². The minimum Gasteiger partial charge on any atom is -0.468 e. The van der Waals surface area contributed by atoms with Gasteiger partial charge < -0.3 is 9.64 Å². The van der Waals surface area contributed by atoms with Crippen molar-refractivity contribution < 1.29 is 9.53 Å². The Morgan fingerprint density at radius 2 is 2.05 bits per heavy atom. The molecule has 1 aromatic carbocycles. The first-order chi connectivity index (χ1) is 9.92. The molecule has 0 spiro atoms. The van der Waals surface area contributed by atoms with E-state index < -0.39 is 0 Å². The van der Waals surface area contributed by atoms with Crippen LogP contribution in [0.4, 0.5) is 5.82 Å². The first-order valence-corrected chi connectivity index (χ1v) is 6.95. The number of anilines is 1. The SMILES string of the molecule is COC(=O)CN(C)c1cc(-c2ccc(Cl)c(Cl)c2)n(C)n1. The van der Waals surface area contributed by atoms with Crippen molar-refractivity contribution in [3.63, 3.8) is 0 Å². The van der Waals surface area contributed by atoms with E-state index >= 15 is 0 Å². The molecule has 0 saturated heterocycles. The standard InChI is InChI=1S/C14H15Cl2N3O2/c1-18(8-14(20)21-3)13-7-12(19(2)17-13)9-4-5-10(15)11(16)6-9/h4-7H,8H2,1-3H3. The molecule has 5 nitrogen and oxygen atoms in total. The molecule has 0 fully saturated rings. The van der Waals surface area contributed by atoms with E-state index in [9.17, 15) is 4.79 Å². The van der Waals surface area contributed by atoms with Gasteiger partial charge in [-0.1, -0.05) is 29.3 Å². The van der Waals surface area contributed by atoms with Gasteiger partial charge in [-0.05, 0) is 12.1 Å². The van der Waals surface area contributed by atoms with Crippen molar-refractivity contribution in [2.45, 2.75) is 0 Å². The molecule has 0 aliphatic heterocycles. The third-order valence-electron chi connectivity index (χ3n) is 3.07. The van der Waals surface area contributed by atoms with Crippen LogP contribution in [0.25, 0.3) is 11.3 Å². The van der Waals surface area contributed by atoms with Crippen molar-refractivity contribution in [3.05, 3.63) is 34.3 Å². The van der Waals surface area contributed by atoms with Crippen LogP contribution in [0.2, 0.25) is 10.0 Å². The second-order valence-electron chi connectivity index (χ2n) is 4.57. The third-order valence-corrected chi connectivity index (χ3v) is 3.81. The summed E-state index contributed by atoms with van der Waals surface area (Å²) in [5.41, 5.74) is 1.78. The quantitative estimate of drug-likeness (QED) is 0.810. The summed E-state index contributed by atoms with van der Waals surface area (Å²) in [6, 6.07) is 7.27. The second kappa shape index (κ2) is 6.37. The summed E-state index contributed by atoms with van der Waals surface area (Å²) in [4.78, 5) is 13.0. The molecule has 0 aliphatic rings. The van der Waals surface area contributed by atoms with Crippen molar-refractivity contribution >= 4 is 35.0 Å². The van der Waals surface area contributed by atoms with Crippen molar-refractivity contribution in [1.82, 2.24) is 9.78 Å². The van der Waals surface area contributed by atoms with Crippen LogP contribution in [0, 0.1) is 0 Å². The number of nitrogens with zero attached hydrogens (tertiary/aromatic N) is 3. The Morgan fingerprint density at radius 3 is 2.67 bits per heavy atom. The Hall–Kier alpha value is -1.72. The van der Waals surface area contributed by atoms with E-state index in [1.807, 2.05) is 19.2 Å². The van der Waals surface area contributed by atoms with E-state index in [4.69, 9.17) is 23.2 Å². The lowest BCUT2D eigenvalue weighted by Gasteiger charge is -2.13. The van der Waals surface area contributed by atoms with Crippen molar-refractivity contribution in [2.24, 2.45) is 7.05 Å². The van der Waals surface area contributed by atoms with Crippen LogP contribution >= 0.6 is 23.2 Å². The highest BCUT2D eigenvalue weighted by Gasteiger charge is 2.14. The Kier molecular flexibility index (Phi) is 4.75. The normalized spacial score (nSPS) is 10.5. The fraction of sp³-hybridized carbons (Fsp3) is 0.286. The van der Waals surface area contributed by atoms with Crippen molar-refractivity contribution in [3.8, 4) is 11.3 Å². The number of rotatable bonds is 4. The average molecular weight is 328 g/mol. The number of likely N-dealkylation sites (N-methyl/N-ethyl adjacent to an activating group) is 1. The summed E-state index contributed by atoms with van der Waals surface area (Å²) >= 11 is 12.0. The number of carbonyl (C=O) groups is 1. The van der Waals surface area contributed by atoms with Gasteiger partial charge in [0.25, 0.3) is 0 Å². The molecule has 0 unspecified atom stereocenters. The molecule has 0 bridgehead atoms. The van der Waals surface area contributed by atoms with E-state index in [-0.39, 0.29) is 12.5 Å². The number of aryl methyl sites for hydroxylation is 1. The first-order valence-electron chi connectivity index (χ1n) is 6.19. The van der Waals surface area contributed by atoms with Crippen LogP contribution in [0.5, 0.6) is 0 Å². The zero-order chi connectivity index (χ0) is 15.6. The average Bonchev–Trinajstić information content (AvgIpc) is 2.84. The van der Waals surface area contributed by atoms with Gasteiger partial charge in [0.05, 0.1) is 22.8 Å². The van der Waals surface area contributed by atoms with Crippen LogP contribution in [0.1, 0.15) is 0 Å². The van der Waals surface area contributed by atoms with E-state index in [0.717, 1.165) is 11.3 Å². The molecule has 2 rings (SSSR count). The summed E-state index contributed by atoms with van der Waals surface area (Å²) in [6.07, 6.45) is 0. The molecule has 0 aliphatic carbocycles. The van der Waals surface area contributed by atoms with Gasteiger partial charge in [-0.25, -0.2) is 0 Å². The fourth-order valence-electron chi connectivity index (χ4n) is 1.90. The Morgan fingerprint density at radius 1 is 1.33 bits per heavy atom. The molecule has 0 atom stereocenters. The van der Waals surface area contributed by atoms with Gasteiger partial charge in [0.1, 0.15) is 6.54 Å². The molecular weight excluding hydrogens is 313 g/mol. The molecule has 1 aromatic heterocycles. The predicted molar refractivity (Wildman–Crippen MR) is 84.0 cm³/mol. The van der Waals surface area contributed by atoms with Crippen LogP contribution in [-0.2, 0) is 16.6 Å². The van der Waals surface area contributed by atoms with Gasteiger partial charge in [0, 0.05) is 25.7 Å². The maximum Gasteiger partial charge on any atom is 0.325 e. The Labute approximate surface area is 133 Å². The summed E-state index contributed by atoms with van der Waals surface area (Å²) in [7, 11) is 4.96. The Balaban J connectivity index is 2.30. The molecule has 0 amide bonds. The monoisotopic (exact) mass is 327 g/mol. The van der Waals surface area contributed by atoms with Crippen LogP contribution in [0.15, 0.2) is 24.3 Å². The molecule has 1 heterocycles. The summed E-state index contributed by atoms with van der Waals surface area (Å²) in [5.74, 6) is 0.350. The third kappa shape index (κ3) is 3.49. The largest absolute Gasteiger partial charge is 0.468 e. The number of aromatic nitrogens is 2. The minimum atomic E-state index is -0.320. The fourth-order valence-corrected chi connectivity index (χ4v) is 2.20. The van der Waals surface area contributed by atoms with Crippen molar-refractivity contribution in [1.29, 1.82) is 0 Å². The highest BCUT2D eigenvalue weighted by molar-refractivity contribution is 6.42. The van der Waals surface area contributed by atoms with Gasteiger partial charge >= 0.3 is 5.97 Å². The zero-order valence-corrected chi connectivity index (χ0v) is 13.4. The summed E-state index contributed by atoms with van der Waals surface area (Å²) in [5, 5.41) is 5.38. The number of hydrogen-bond acceptors (Lipinski definition) is 4. The molecule has 21 heavy (non-hydrogen) atoms. The van der Waals surface area contributed by atoms with Crippen LogP contribution in [0.3, 0.4) is 0 Å². The number of hydrogen-bond donors (Lipinski definition) is 0. The second-order valence-corrected chi connectivity index (χ2v) is 5.39. The van der Waals surface area contributed by atoms with Gasteiger partial charge in [-0.3, -0.25) is 9.48 Å². The summed E-state index contributed by atoms with van der Waals surface area (Å²) < 4.78 is 6.37. The first kappa shape index (κ1) is 15.7. The van der Waals surface area contributed by atoms with Crippen LogP contribution < -0.4 is 4.90 Å². The van der Waals surface area contributed by atoms with Crippen molar-refractivity contribution in [2.75, 3.05) is 25.6 Å². The molecule has 0 radical (unpaired) electrons. The number of ether oxygens (including phenoxy) is 1. The number of halogens is 2. The van der Waals surface area contributed by atoms with Crippen LogP contribution in [-0.4, -0.2) is 36.5 Å². The maximum absolute atomic E-state index is 11.3. The molecule has 2 aromatic rings. The zero-order valence-electron chi connectivity index (χ0n) is 11.9. The lowest BCUT2D eigenvalue weighted by atomic mass is 10.1. The molecule has 112 valence electrons. The molecule has 7 heteroatoms. The molecule has 0 saturated carbocycles. The van der Waals surface area contributed by atoms with Gasteiger partial charge in [0.15, 0.2) is 5.82 Å². The van der Waals surface area contributed by atoms with Gasteiger partial charge in [-0.2, -0.15) is 5.10 Å². The van der Waals surface area contributed by atoms with E-state index in [2.05, 4.69) is 9.84 Å². The highest BCUT2D eigenvalue weighted by Crippen LogP contribution is 2.29. The number of methoxy groups -OCH3 is 1. The molecular formula is C14H15Cl2N3O2. The maximum atomic E-state index is 11.3. The highest BCUT2D eigenvalue weighted by atomic mass is 35.5. The predicted octanol–water partition coefficient (Wildman–Crippen LogP) is 3.00. The van der Waals surface area contributed by atoms with E-state index in [1.165, 1.54) is 7.11 Å². The number of benzene rings is 1. The van der Waals surface area contributed by atoms with E-state index in [1.54, 1.807) is 28.8 Å². The lowest BCUT2D eigenvalue weighted by molar-refractivity contribution is -0.138. The van der Waals surface area contributed by atoms with Gasteiger partial charge in [-0.15, -0.1) is 0 Å². The van der Waals surface area contributed by atoms with Gasteiger partial charge in [0.2, 0.25) is 0 Å². The number of carbonyl (C=O) groups excluding carboxylic acids is 1. The van der Waals surface area contributed by atoms with E-state index in [0.29, 0.717) is 15.9 Å². The smallest absolute Gasteiger partial charge is 0.325 e. The number of esters is 1. The Bertz CT molecular complexity index is 670. The summed E-state index contributed by atoms with van der Waals surface area (Å²) in [6.45, 7) is 0.133. The minimum absolute atomic E-state index is 0.133. The lowest BCUT2D eigenvalue weighted by Crippen LogP contribution is -2.26. The molecule has 0 N–H and O–H groups in total.